The molecule has 1 N–H and O–H groups in total. The van der Waals surface area contributed by atoms with E-state index >= 15 is 0 Å². The molecule has 3 aromatic carbocycles. The number of amides is 1. The highest BCUT2D eigenvalue weighted by Gasteiger charge is 2.50. The molecule has 0 aromatic heterocycles. The average Bonchev–Trinajstić information content (AvgIpc) is 3.20. The van der Waals surface area contributed by atoms with Crippen LogP contribution in [0.3, 0.4) is 0 Å². The summed E-state index contributed by atoms with van der Waals surface area (Å²) in [4.78, 5) is 15.0. The van der Waals surface area contributed by atoms with Crippen LogP contribution in [0.5, 0.6) is 0 Å². The molecule has 198 valence electrons. The molecular formula is C30H27F4NO3. The van der Waals surface area contributed by atoms with Crippen LogP contribution in [0, 0.1) is 5.82 Å². The first-order valence-corrected chi connectivity index (χ1v) is 12.9. The van der Waals surface area contributed by atoms with Crippen molar-refractivity contribution in [2.24, 2.45) is 0 Å². The number of alkyl halides is 3. The maximum absolute atomic E-state index is 14.7. The van der Waals surface area contributed by atoms with Gasteiger partial charge in [-0.2, -0.15) is 13.2 Å². The van der Waals surface area contributed by atoms with E-state index in [-0.39, 0.29) is 30.9 Å². The lowest BCUT2D eigenvalue weighted by Crippen LogP contribution is -2.59. The maximum Gasteiger partial charge on any atom is 0.416 e. The molecule has 0 saturated carbocycles. The van der Waals surface area contributed by atoms with E-state index in [0.29, 0.717) is 25.0 Å². The van der Waals surface area contributed by atoms with E-state index in [2.05, 4.69) is 12.1 Å². The van der Waals surface area contributed by atoms with Crippen LogP contribution < -0.4 is 0 Å². The van der Waals surface area contributed by atoms with Gasteiger partial charge >= 0.3 is 12.3 Å². The third kappa shape index (κ3) is 4.15. The second kappa shape index (κ2) is 9.12. The number of carbonyl (C=O) groups is 1. The van der Waals surface area contributed by atoms with Crippen LogP contribution in [-0.4, -0.2) is 34.8 Å². The summed E-state index contributed by atoms with van der Waals surface area (Å²) in [6.45, 7) is 0.148. The first-order chi connectivity index (χ1) is 18.2. The number of aliphatic hydroxyl groups is 1. The number of rotatable bonds is 3. The van der Waals surface area contributed by atoms with Crippen molar-refractivity contribution in [3.63, 3.8) is 0 Å². The van der Waals surface area contributed by atoms with E-state index in [1.807, 2.05) is 36.4 Å². The van der Waals surface area contributed by atoms with Crippen molar-refractivity contribution in [1.29, 1.82) is 0 Å². The van der Waals surface area contributed by atoms with Gasteiger partial charge in [-0.3, -0.25) is 0 Å². The van der Waals surface area contributed by atoms with Gasteiger partial charge in [0.2, 0.25) is 0 Å². The monoisotopic (exact) mass is 525 g/mol. The molecular weight excluding hydrogens is 498 g/mol. The van der Waals surface area contributed by atoms with Crippen molar-refractivity contribution in [3.05, 3.63) is 94.8 Å². The van der Waals surface area contributed by atoms with E-state index in [1.165, 1.54) is 0 Å². The lowest BCUT2D eigenvalue weighted by Gasteiger charge is -2.51. The molecule has 4 nitrogen and oxygen atoms in total. The molecule has 1 aliphatic carbocycles. The minimum atomic E-state index is -4.66. The highest BCUT2D eigenvalue weighted by atomic mass is 19.4. The maximum atomic E-state index is 14.7. The summed E-state index contributed by atoms with van der Waals surface area (Å²) in [6, 6.07) is 17.3. The van der Waals surface area contributed by atoms with Gasteiger partial charge in [0.15, 0.2) is 0 Å². The van der Waals surface area contributed by atoms with Crippen molar-refractivity contribution in [2.75, 3.05) is 6.61 Å². The number of piperidine rings is 2. The van der Waals surface area contributed by atoms with Crippen LogP contribution in [0.25, 0.3) is 11.1 Å². The third-order valence-electron chi connectivity index (χ3n) is 8.35. The Labute approximate surface area is 217 Å². The number of hydrogen-bond donors (Lipinski definition) is 1. The molecule has 2 aliphatic heterocycles. The number of nitrogens with zero attached hydrogens (tertiary/aromatic N) is 1. The Morgan fingerprint density at radius 1 is 0.947 bits per heavy atom. The van der Waals surface area contributed by atoms with Crippen LogP contribution in [0.2, 0.25) is 0 Å². The topological polar surface area (TPSA) is 49.8 Å². The highest BCUT2D eigenvalue weighted by Crippen LogP contribution is 2.47. The fourth-order valence-corrected chi connectivity index (χ4v) is 6.67. The van der Waals surface area contributed by atoms with Gasteiger partial charge in [-0.1, -0.05) is 48.5 Å². The standard InChI is InChI=1S/C30H27F4NO3/c31-27-13-12-18(30(32,33)34)14-26(27)29(37)15-19-6-5-7-20(16-29)35(19)28(36)38-17-25-23-10-3-1-8-21(23)22-9-2-4-11-24(22)25/h1-4,8-14,19-20,25,37H,5-7,15-17H2. The number of benzene rings is 3. The van der Waals surface area contributed by atoms with Gasteiger partial charge in [0, 0.05) is 36.4 Å². The molecule has 38 heavy (non-hydrogen) atoms. The number of fused-ring (bicyclic) bond motifs is 5. The van der Waals surface area contributed by atoms with Crippen LogP contribution in [-0.2, 0) is 16.5 Å². The average molecular weight is 526 g/mol. The van der Waals surface area contributed by atoms with Crippen molar-refractivity contribution >= 4 is 6.09 Å². The minimum Gasteiger partial charge on any atom is -0.448 e. The molecule has 0 radical (unpaired) electrons. The minimum absolute atomic E-state index is 0.0497. The van der Waals surface area contributed by atoms with Gasteiger partial charge in [-0.15, -0.1) is 0 Å². The molecule has 1 amide bonds. The normalized spacial score (nSPS) is 24.6. The van der Waals surface area contributed by atoms with Crippen LogP contribution >= 0.6 is 0 Å². The molecule has 2 bridgehead atoms. The zero-order valence-electron chi connectivity index (χ0n) is 20.5. The summed E-state index contributed by atoms with van der Waals surface area (Å²) in [7, 11) is 0. The van der Waals surface area contributed by atoms with Gasteiger partial charge in [0.05, 0.1) is 11.2 Å². The Morgan fingerprint density at radius 3 is 2.11 bits per heavy atom. The number of carbonyl (C=O) groups excluding carboxylic acids is 1. The molecule has 2 saturated heterocycles. The summed E-state index contributed by atoms with van der Waals surface area (Å²) < 4.78 is 60.5. The van der Waals surface area contributed by atoms with Gasteiger partial charge in [-0.25, -0.2) is 9.18 Å². The molecule has 2 fully saturated rings. The van der Waals surface area contributed by atoms with Crippen molar-refractivity contribution in [2.45, 2.75) is 61.9 Å². The zero-order valence-corrected chi connectivity index (χ0v) is 20.5. The summed E-state index contributed by atoms with van der Waals surface area (Å²) >= 11 is 0. The van der Waals surface area contributed by atoms with Gasteiger partial charge in [-0.05, 0) is 59.7 Å². The van der Waals surface area contributed by atoms with Gasteiger partial charge in [0.25, 0.3) is 0 Å². The summed E-state index contributed by atoms with van der Waals surface area (Å²) in [5, 5.41) is 11.5. The Kier molecular flexibility index (Phi) is 5.98. The van der Waals surface area contributed by atoms with Gasteiger partial charge < -0.3 is 14.7 Å². The van der Waals surface area contributed by atoms with Crippen LogP contribution in [0.15, 0.2) is 66.7 Å². The Balaban J connectivity index is 1.22. The SMILES string of the molecule is O=C(OCC1c2ccccc2-c2ccccc21)N1C2CCCC1CC(O)(c1cc(C(F)(F)F)ccc1F)C2. The largest absolute Gasteiger partial charge is 0.448 e. The van der Waals surface area contributed by atoms with E-state index in [9.17, 15) is 27.5 Å². The summed E-state index contributed by atoms with van der Waals surface area (Å²) in [5.41, 5.74) is 1.24. The number of halogens is 4. The van der Waals surface area contributed by atoms with Crippen molar-refractivity contribution < 1.29 is 32.2 Å². The van der Waals surface area contributed by atoms with Crippen molar-refractivity contribution in [3.8, 4) is 11.1 Å². The molecule has 3 aromatic rings. The summed E-state index contributed by atoms with van der Waals surface area (Å²) in [5.74, 6) is -0.986. The quantitative estimate of drug-likeness (QED) is 0.375. The molecule has 6 rings (SSSR count). The number of hydrogen-bond acceptors (Lipinski definition) is 3. The fraction of sp³-hybridized carbons (Fsp3) is 0.367. The highest BCUT2D eigenvalue weighted by molar-refractivity contribution is 5.79. The molecule has 8 heteroatoms. The second-order valence-electron chi connectivity index (χ2n) is 10.6. The number of ether oxygens (including phenoxy) is 1. The molecule has 3 aliphatic rings. The second-order valence-corrected chi connectivity index (χ2v) is 10.6. The predicted molar refractivity (Wildman–Crippen MR) is 133 cm³/mol. The lowest BCUT2D eigenvalue weighted by molar-refractivity contribution is -0.138. The molecule has 2 heterocycles. The van der Waals surface area contributed by atoms with Crippen LogP contribution in [0.1, 0.15) is 60.3 Å². The Hall–Kier alpha value is -3.39. The van der Waals surface area contributed by atoms with E-state index in [4.69, 9.17) is 4.74 Å². The zero-order chi connectivity index (χ0) is 26.7. The smallest absolute Gasteiger partial charge is 0.416 e. The summed E-state index contributed by atoms with van der Waals surface area (Å²) in [6.07, 6.45) is -3.33. The third-order valence-corrected chi connectivity index (χ3v) is 8.35. The first kappa shape index (κ1) is 24.9. The molecule has 0 spiro atoms. The first-order valence-electron chi connectivity index (χ1n) is 12.9. The Bertz CT molecular complexity index is 1330. The predicted octanol–water partition coefficient (Wildman–Crippen LogP) is 7.00. The van der Waals surface area contributed by atoms with Gasteiger partial charge in [0.1, 0.15) is 12.4 Å². The fourth-order valence-electron chi connectivity index (χ4n) is 6.67. The van der Waals surface area contributed by atoms with E-state index in [1.54, 1.807) is 4.90 Å². The lowest BCUT2D eigenvalue weighted by atomic mass is 9.72. The molecule has 2 unspecified atom stereocenters. The Morgan fingerprint density at radius 2 is 1.53 bits per heavy atom. The van der Waals surface area contributed by atoms with Crippen LogP contribution in [0.4, 0.5) is 22.4 Å². The van der Waals surface area contributed by atoms with Crippen molar-refractivity contribution in [1.82, 2.24) is 4.90 Å². The van der Waals surface area contributed by atoms with E-state index in [0.717, 1.165) is 34.7 Å². The molecule has 2 atom stereocenters. The van der Waals surface area contributed by atoms with E-state index < -0.39 is 41.3 Å².